The quantitative estimate of drug-likeness (QED) is 0.573. The Bertz CT molecular complexity index is 149. The summed E-state index contributed by atoms with van der Waals surface area (Å²) in [7, 11) is 1.65. The molecule has 4 nitrogen and oxygen atoms in total. The highest BCUT2D eigenvalue weighted by atomic mass is 16.5. The number of carbonyl (C=O) groups excluding carboxylic acids is 1. The molecular formula is C7H13N2O2. The smallest absolute Gasteiger partial charge is 0.236 e. The van der Waals surface area contributed by atoms with Gasteiger partial charge in [-0.05, 0) is 12.8 Å². The molecule has 1 rings (SSSR count). The van der Waals surface area contributed by atoms with Crippen molar-refractivity contribution in [3.8, 4) is 0 Å². The molecule has 63 valence electrons. The highest BCUT2D eigenvalue weighted by Gasteiger charge is 2.25. The van der Waals surface area contributed by atoms with Crippen LogP contribution in [0.1, 0.15) is 12.8 Å². The van der Waals surface area contributed by atoms with Crippen LogP contribution in [0.25, 0.3) is 0 Å². The minimum atomic E-state index is -0.341. The van der Waals surface area contributed by atoms with Crippen LogP contribution >= 0.6 is 0 Å². The molecule has 0 aromatic carbocycles. The zero-order valence-corrected chi connectivity index (χ0v) is 6.62. The van der Waals surface area contributed by atoms with Crippen molar-refractivity contribution >= 4 is 5.91 Å². The molecule has 2 atom stereocenters. The predicted molar refractivity (Wildman–Crippen MR) is 40.0 cm³/mol. The largest absolute Gasteiger partial charge is 0.381 e. The van der Waals surface area contributed by atoms with Crippen molar-refractivity contribution in [2.45, 2.75) is 25.0 Å². The van der Waals surface area contributed by atoms with Gasteiger partial charge in [-0.15, -0.1) is 0 Å². The third-order valence-corrected chi connectivity index (χ3v) is 1.95. The molecule has 1 aliphatic rings. The summed E-state index contributed by atoms with van der Waals surface area (Å²) in [5.74, 6) is -0.341. The summed E-state index contributed by atoms with van der Waals surface area (Å²) in [5.41, 5.74) is 5.10. The molecule has 0 aromatic rings. The molecule has 0 aliphatic carbocycles. The zero-order valence-electron chi connectivity index (χ0n) is 6.62. The Labute approximate surface area is 66.1 Å². The second-order valence-electron chi connectivity index (χ2n) is 2.71. The number of carbonyl (C=O) groups is 1. The molecule has 2 N–H and O–H groups in total. The molecule has 1 fully saturated rings. The maximum Gasteiger partial charge on any atom is 0.236 e. The monoisotopic (exact) mass is 157 g/mol. The fourth-order valence-electron chi connectivity index (χ4n) is 1.24. The average molecular weight is 157 g/mol. The number of amides is 1. The van der Waals surface area contributed by atoms with E-state index < -0.39 is 0 Å². The number of rotatable bonds is 2. The highest BCUT2D eigenvalue weighted by molar-refractivity contribution is 5.79. The lowest BCUT2D eigenvalue weighted by Gasteiger charge is -2.25. The van der Waals surface area contributed by atoms with Gasteiger partial charge in [0.05, 0.1) is 6.10 Å². The number of piperidine rings is 1. The first kappa shape index (κ1) is 8.49. The van der Waals surface area contributed by atoms with E-state index in [1.54, 1.807) is 7.11 Å². The fourth-order valence-corrected chi connectivity index (χ4v) is 1.24. The molecule has 1 amide bonds. The summed E-state index contributed by atoms with van der Waals surface area (Å²) in [6, 6.07) is -0.325. The van der Waals surface area contributed by atoms with Gasteiger partial charge < -0.3 is 10.5 Å². The van der Waals surface area contributed by atoms with Gasteiger partial charge >= 0.3 is 0 Å². The van der Waals surface area contributed by atoms with E-state index in [-0.39, 0.29) is 18.1 Å². The number of nitrogens with two attached hydrogens (primary N) is 1. The van der Waals surface area contributed by atoms with Crippen LogP contribution in [0.15, 0.2) is 0 Å². The first-order valence-corrected chi connectivity index (χ1v) is 3.72. The van der Waals surface area contributed by atoms with E-state index in [2.05, 4.69) is 5.32 Å². The lowest BCUT2D eigenvalue weighted by molar-refractivity contribution is -0.121. The van der Waals surface area contributed by atoms with E-state index in [1.165, 1.54) is 0 Å². The Hall–Kier alpha value is -0.610. The summed E-state index contributed by atoms with van der Waals surface area (Å²) in [5, 5.41) is 4.07. The first-order chi connectivity index (χ1) is 5.24. The van der Waals surface area contributed by atoms with Gasteiger partial charge in [0.2, 0.25) is 5.91 Å². The van der Waals surface area contributed by atoms with Crippen LogP contribution in [0, 0.1) is 0 Å². The summed E-state index contributed by atoms with van der Waals surface area (Å²) in [6.45, 7) is 0.687. The minimum Gasteiger partial charge on any atom is -0.381 e. The predicted octanol–water partition coefficient (Wildman–Crippen LogP) is -0.746. The topological polar surface area (TPSA) is 66.4 Å². The van der Waals surface area contributed by atoms with Crippen LogP contribution in [-0.2, 0) is 9.53 Å². The molecule has 1 heterocycles. The lowest BCUT2D eigenvalue weighted by atomic mass is 10.0. The van der Waals surface area contributed by atoms with Crippen molar-refractivity contribution in [2.24, 2.45) is 5.73 Å². The standard InChI is InChI=1S/C7H13N2O2/c1-11-5-2-3-9-6(4-5)7(8)10/h5-6H,2-4H2,1H3,(H2,8,10). The van der Waals surface area contributed by atoms with Crippen molar-refractivity contribution in [3.05, 3.63) is 0 Å². The Balaban J connectivity index is 2.39. The third kappa shape index (κ3) is 2.17. The van der Waals surface area contributed by atoms with Gasteiger partial charge in [0.15, 0.2) is 0 Å². The van der Waals surface area contributed by atoms with E-state index in [0.29, 0.717) is 13.0 Å². The molecule has 1 saturated heterocycles. The lowest BCUT2D eigenvalue weighted by Crippen LogP contribution is -2.44. The van der Waals surface area contributed by atoms with Crippen molar-refractivity contribution in [2.75, 3.05) is 13.7 Å². The molecule has 1 aliphatic heterocycles. The summed E-state index contributed by atoms with van der Waals surface area (Å²) in [4.78, 5) is 10.7. The Kier molecular flexibility index (Phi) is 2.84. The molecule has 0 bridgehead atoms. The van der Waals surface area contributed by atoms with Crippen LogP contribution in [0.4, 0.5) is 0 Å². The second-order valence-corrected chi connectivity index (χ2v) is 2.71. The van der Waals surface area contributed by atoms with Crippen molar-refractivity contribution in [1.82, 2.24) is 5.32 Å². The Morgan fingerprint density at radius 2 is 2.45 bits per heavy atom. The molecule has 4 heteroatoms. The summed E-state index contributed by atoms with van der Waals surface area (Å²) < 4.78 is 5.10. The van der Waals surface area contributed by atoms with Gasteiger partial charge in [0, 0.05) is 13.7 Å². The van der Waals surface area contributed by atoms with Crippen molar-refractivity contribution in [1.29, 1.82) is 0 Å². The van der Waals surface area contributed by atoms with E-state index in [4.69, 9.17) is 10.5 Å². The van der Waals surface area contributed by atoms with Gasteiger partial charge in [-0.3, -0.25) is 4.79 Å². The molecule has 1 radical (unpaired) electrons. The molecule has 2 unspecified atom stereocenters. The molecular weight excluding hydrogens is 144 g/mol. The average Bonchev–Trinajstić information content (AvgIpc) is 2.05. The van der Waals surface area contributed by atoms with Gasteiger partial charge in [-0.1, -0.05) is 0 Å². The number of ether oxygens (including phenoxy) is 1. The minimum absolute atomic E-state index is 0.157. The Morgan fingerprint density at radius 3 is 3.00 bits per heavy atom. The van der Waals surface area contributed by atoms with E-state index in [9.17, 15) is 4.79 Å². The van der Waals surface area contributed by atoms with Gasteiger partial charge in [0.25, 0.3) is 0 Å². The number of primary amides is 1. The van der Waals surface area contributed by atoms with E-state index in [1.807, 2.05) is 0 Å². The molecule has 0 aromatic heterocycles. The van der Waals surface area contributed by atoms with Crippen LogP contribution in [0.2, 0.25) is 0 Å². The number of hydrogen-bond donors (Lipinski definition) is 1. The fraction of sp³-hybridized carbons (Fsp3) is 0.857. The SMILES string of the molecule is COC1CC[N]C(C(N)=O)C1. The maximum atomic E-state index is 10.7. The van der Waals surface area contributed by atoms with Crippen LogP contribution in [0.3, 0.4) is 0 Å². The van der Waals surface area contributed by atoms with Crippen molar-refractivity contribution < 1.29 is 9.53 Å². The third-order valence-electron chi connectivity index (χ3n) is 1.95. The molecule has 0 saturated carbocycles. The number of nitrogens with zero attached hydrogens (tertiary/aromatic N) is 1. The maximum absolute atomic E-state index is 10.7. The van der Waals surface area contributed by atoms with Crippen LogP contribution in [0.5, 0.6) is 0 Å². The van der Waals surface area contributed by atoms with Gasteiger partial charge in [0.1, 0.15) is 6.04 Å². The van der Waals surface area contributed by atoms with Gasteiger partial charge in [-0.25, -0.2) is 5.32 Å². The summed E-state index contributed by atoms with van der Waals surface area (Å²) in [6.07, 6.45) is 1.71. The van der Waals surface area contributed by atoms with Crippen LogP contribution < -0.4 is 11.1 Å². The number of methoxy groups -OCH3 is 1. The van der Waals surface area contributed by atoms with Gasteiger partial charge in [-0.2, -0.15) is 0 Å². The normalized spacial score (nSPS) is 31.7. The van der Waals surface area contributed by atoms with Crippen molar-refractivity contribution in [3.63, 3.8) is 0 Å². The number of hydrogen-bond acceptors (Lipinski definition) is 2. The highest BCUT2D eigenvalue weighted by Crippen LogP contribution is 2.12. The van der Waals surface area contributed by atoms with E-state index >= 15 is 0 Å². The summed E-state index contributed by atoms with van der Waals surface area (Å²) >= 11 is 0. The zero-order chi connectivity index (χ0) is 8.27. The first-order valence-electron chi connectivity index (χ1n) is 3.72. The molecule has 0 spiro atoms. The second kappa shape index (κ2) is 3.69. The Morgan fingerprint density at radius 1 is 1.73 bits per heavy atom. The van der Waals surface area contributed by atoms with E-state index in [0.717, 1.165) is 6.42 Å². The van der Waals surface area contributed by atoms with Crippen LogP contribution in [-0.4, -0.2) is 31.7 Å². The molecule has 11 heavy (non-hydrogen) atoms.